The van der Waals surface area contributed by atoms with Gasteiger partial charge in [0, 0.05) is 23.2 Å². The summed E-state index contributed by atoms with van der Waals surface area (Å²) < 4.78 is 10.4. The molecule has 3 aromatic rings. The molecule has 0 saturated heterocycles. The van der Waals surface area contributed by atoms with Crippen LogP contribution in [0.25, 0.3) is 10.9 Å². The van der Waals surface area contributed by atoms with Crippen molar-refractivity contribution in [3.8, 4) is 11.5 Å². The first-order valence-electron chi connectivity index (χ1n) is 8.33. The molecule has 2 aromatic carbocycles. The largest absolute Gasteiger partial charge is 0.497 e. The van der Waals surface area contributed by atoms with E-state index < -0.39 is 0 Å². The summed E-state index contributed by atoms with van der Waals surface area (Å²) in [6, 6.07) is 12.1. The van der Waals surface area contributed by atoms with Crippen molar-refractivity contribution in [2.24, 2.45) is 0 Å². The van der Waals surface area contributed by atoms with E-state index in [1.165, 1.54) is 7.11 Å². The van der Waals surface area contributed by atoms with Crippen molar-refractivity contribution in [2.45, 2.75) is 6.42 Å². The second-order valence-corrected chi connectivity index (χ2v) is 6.36. The number of halogens is 1. The molecule has 0 aliphatic heterocycles. The van der Waals surface area contributed by atoms with Crippen molar-refractivity contribution >= 4 is 28.4 Å². The van der Waals surface area contributed by atoms with Crippen molar-refractivity contribution in [3.63, 3.8) is 0 Å². The minimum atomic E-state index is -0.309. The average molecular weight is 387 g/mol. The summed E-state index contributed by atoms with van der Waals surface area (Å²) in [6.07, 6.45) is 0.395. The van der Waals surface area contributed by atoms with Gasteiger partial charge in [-0.05, 0) is 48.2 Å². The van der Waals surface area contributed by atoms with E-state index in [9.17, 15) is 9.59 Å². The minimum Gasteiger partial charge on any atom is -0.497 e. The number of hydrogen-bond donors (Lipinski definition) is 2. The van der Waals surface area contributed by atoms with Crippen molar-refractivity contribution in [2.75, 3.05) is 20.8 Å². The van der Waals surface area contributed by atoms with Gasteiger partial charge in [0.25, 0.3) is 11.5 Å². The molecule has 0 radical (unpaired) electrons. The molecule has 2 N–H and O–H groups in total. The number of carbonyl (C=O) groups is 1. The van der Waals surface area contributed by atoms with Gasteiger partial charge in [0.2, 0.25) is 0 Å². The molecule has 0 aliphatic carbocycles. The number of methoxy groups -OCH3 is 2. The molecule has 0 atom stereocenters. The number of amides is 1. The fraction of sp³-hybridized carbons (Fsp3) is 0.200. The van der Waals surface area contributed by atoms with Gasteiger partial charge in [0.05, 0.1) is 25.3 Å². The summed E-state index contributed by atoms with van der Waals surface area (Å²) in [6.45, 7) is 0.305. The number of fused-ring (bicyclic) bond motifs is 1. The maximum Gasteiger partial charge on any atom is 0.255 e. The van der Waals surface area contributed by atoms with Gasteiger partial charge in [-0.1, -0.05) is 11.6 Å². The molecule has 0 saturated carbocycles. The lowest BCUT2D eigenvalue weighted by Gasteiger charge is -2.10. The predicted molar refractivity (Wildman–Crippen MR) is 105 cm³/mol. The van der Waals surface area contributed by atoms with E-state index in [0.717, 1.165) is 5.39 Å². The van der Waals surface area contributed by atoms with Crippen LogP contribution < -0.4 is 20.3 Å². The Morgan fingerprint density at radius 2 is 1.93 bits per heavy atom. The number of benzene rings is 2. The summed E-state index contributed by atoms with van der Waals surface area (Å²) >= 11 is 5.96. The third-order valence-corrected chi connectivity index (χ3v) is 4.45. The Morgan fingerprint density at radius 1 is 1.11 bits per heavy atom. The molecule has 6 nitrogen and oxygen atoms in total. The molecule has 27 heavy (non-hydrogen) atoms. The molecular formula is C20H19ClN2O4. The van der Waals surface area contributed by atoms with Gasteiger partial charge in [-0.15, -0.1) is 0 Å². The number of aromatic amines is 1. The van der Waals surface area contributed by atoms with Crippen LogP contribution in [0.2, 0.25) is 5.02 Å². The van der Waals surface area contributed by atoms with E-state index in [-0.39, 0.29) is 11.5 Å². The number of rotatable bonds is 6. The maximum atomic E-state index is 12.4. The Kier molecular flexibility index (Phi) is 5.66. The third kappa shape index (κ3) is 4.23. The highest BCUT2D eigenvalue weighted by Crippen LogP contribution is 2.22. The van der Waals surface area contributed by atoms with E-state index in [0.29, 0.717) is 46.1 Å². The van der Waals surface area contributed by atoms with Gasteiger partial charge in [-0.3, -0.25) is 9.59 Å². The van der Waals surface area contributed by atoms with Crippen molar-refractivity contribution in [3.05, 3.63) is 69.0 Å². The maximum absolute atomic E-state index is 12.4. The zero-order valence-corrected chi connectivity index (χ0v) is 15.7. The van der Waals surface area contributed by atoms with Crippen molar-refractivity contribution < 1.29 is 14.3 Å². The molecule has 0 aliphatic rings. The second-order valence-electron chi connectivity index (χ2n) is 5.93. The normalized spacial score (nSPS) is 10.6. The number of ether oxygens (including phenoxy) is 2. The van der Waals surface area contributed by atoms with Crippen molar-refractivity contribution in [1.82, 2.24) is 10.3 Å². The van der Waals surface area contributed by atoms with Gasteiger partial charge in [0.1, 0.15) is 11.5 Å². The number of carbonyl (C=O) groups excluding carboxylic acids is 1. The molecule has 3 rings (SSSR count). The fourth-order valence-corrected chi connectivity index (χ4v) is 2.97. The number of hydrogen-bond acceptors (Lipinski definition) is 4. The summed E-state index contributed by atoms with van der Waals surface area (Å²) in [5.74, 6) is 0.805. The van der Waals surface area contributed by atoms with Crippen molar-refractivity contribution in [1.29, 1.82) is 0 Å². The van der Waals surface area contributed by atoms with Gasteiger partial charge < -0.3 is 19.8 Å². The van der Waals surface area contributed by atoms with Crippen LogP contribution >= 0.6 is 11.6 Å². The molecule has 140 valence electrons. The molecule has 1 aromatic heterocycles. The SMILES string of the molecule is COc1ccc2cc(CCNC(=O)c3cc(Cl)ccc3OC)c(=O)[nH]c2c1. The third-order valence-electron chi connectivity index (χ3n) is 4.22. The average Bonchev–Trinajstić information content (AvgIpc) is 2.67. The molecule has 0 unspecified atom stereocenters. The molecule has 1 amide bonds. The first kappa shape index (κ1) is 18.8. The lowest BCUT2D eigenvalue weighted by molar-refractivity contribution is 0.0951. The van der Waals surface area contributed by atoms with E-state index in [1.54, 1.807) is 31.4 Å². The number of nitrogens with one attached hydrogen (secondary N) is 2. The standard InChI is InChI=1S/C20H19ClN2O4/c1-26-15-5-3-12-9-13(19(24)23-17(12)11-15)7-8-22-20(25)16-10-14(21)4-6-18(16)27-2/h3-6,9-11H,7-8H2,1-2H3,(H,22,25)(H,23,24). The predicted octanol–water partition coefficient (Wildman–Crippen LogP) is 3.17. The number of aromatic nitrogens is 1. The zero-order valence-electron chi connectivity index (χ0n) is 15.0. The Bertz CT molecular complexity index is 1050. The van der Waals surface area contributed by atoms with Crippen LogP contribution in [-0.2, 0) is 6.42 Å². The summed E-state index contributed by atoms with van der Waals surface area (Å²) in [5, 5.41) is 4.14. The van der Waals surface area contributed by atoms with Gasteiger partial charge in [-0.25, -0.2) is 0 Å². The summed E-state index contributed by atoms with van der Waals surface area (Å²) in [4.78, 5) is 27.5. The van der Waals surface area contributed by atoms with E-state index >= 15 is 0 Å². The van der Waals surface area contributed by atoms with Crippen LogP contribution in [0.1, 0.15) is 15.9 Å². The van der Waals surface area contributed by atoms with Gasteiger partial charge in [0.15, 0.2) is 0 Å². The highest BCUT2D eigenvalue weighted by atomic mass is 35.5. The molecule has 1 heterocycles. The van der Waals surface area contributed by atoms with Gasteiger partial charge in [-0.2, -0.15) is 0 Å². The number of pyridine rings is 1. The highest BCUT2D eigenvalue weighted by molar-refractivity contribution is 6.31. The van der Waals surface area contributed by atoms with Crippen LogP contribution in [-0.4, -0.2) is 31.7 Å². The Balaban J connectivity index is 1.72. The van der Waals surface area contributed by atoms with Crippen LogP contribution in [0, 0.1) is 0 Å². The quantitative estimate of drug-likeness (QED) is 0.681. The molecule has 0 spiro atoms. The first-order chi connectivity index (χ1) is 13.0. The fourth-order valence-electron chi connectivity index (χ4n) is 2.80. The minimum absolute atomic E-state index is 0.190. The Morgan fingerprint density at radius 3 is 2.67 bits per heavy atom. The van der Waals surface area contributed by atoms with Crippen LogP contribution in [0.3, 0.4) is 0 Å². The highest BCUT2D eigenvalue weighted by Gasteiger charge is 2.13. The van der Waals surface area contributed by atoms with E-state index in [1.807, 2.05) is 18.2 Å². The van der Waals surface area contributed by atoms with Gasteiger partial charge >= 0.3 is 0 Å². The topological polar surface area (TPSA) is 80.4 Å². The van der Waals surface area contributed by atoms with Crippen LogP contribution in [0.4, 0.5) is 0 Å². The van der Waals surface area contributed by atoms with E-state index in [2.05, 4.69) is 10.3 Å². The van der Waals surface area contributed by atoms with Crippen LogP contribution in [0.5, 0.6) is 11.5 Å². The lowest BCUT2D eigenvalue weighted by Crippen LogP contribution is -2.27. The Labute approximate surface area is 161 Å². The lowest BCUT2D eigenvalue weighted by atomic mass is 10.1. The smallest absolute Gasteiger partial charge is 0.255 e. The molecule has 7 heteroatoms. The summed E-state index contributed by atoms with van der Waals surface area (Å²) in [5.41, 5.74) is 1.46. The molecule has 0 bridgehead atoms. The monoisotopic (exact) mass is 386 g/mol. The zero-order chi connectivity index (χ0) is 19.4. The molecular weight excluding hydrogens is 368 g/mol. The number of H-pyrrole nitrogens is 1. The molecule has 0 fully saturated rings. The van der Waals surface area contributed by atoms with Crippen LogP contribution in [0.15, 0.2) is 47.3 Å². The first-order valence-corrected chi connectivity index (χ1v) is 8.71. The second kappa shape index (κ2) is 8.14. The van der Waals surface area contributed by atoms with E-state index in [4.69, 9.17) is 21.1 Å². The Hall–Kier alpha value is -2.99. The summed E-state index contributed by atoms with van der Waals surface area (Å²) in [7, 11) is 3.06.